The summed E-state index contributed by atoms with van der Waals surface area (Å²) in [6, 6.07) is 7.26. The number of rotatable bonds is 6. The van der Waals surface area contributed by atoms with Gasteiger partial charge in [-0.25, -0.2) is 17.5 Å². The van der Waals surface area contributed by atoms with Crippen molar-refractivity contribution >= 4 is 21.4 Å². The number of nitrogens with one attached hydrogen (secondary N) is 1. The van der Waals surface area contributed by atoms with Crippen molar-refractivity contribution in [2.24, 2.45) is 0 Å². The largest absolute Gasteiger partial charge is 0.388 e. The quantitative estimate of drug-likeness (QED) is 0.856. The molecule has 0 aliphatic rings. The van der Waals surface area contributed by atoms with Crippen molar-refractivity contribution in [3.63, 3.8) is 0 Å². The van der Waals surface area contributed by atoms with Crippen LogP contribution >= 0.6 is 11.3 Å². The minimum absolute atomic E-state index is 0.0204. The zero-order chi connectivity index (χ0) is 15.5. The SMILES string of the molecule is Cc1cc(S(=O)(=O)NCCC(O)c2cccs2)ccc1F. The molecule has 1 aromatic heterocycles. The zero-order valence-corrected chi connectivity index (χ0v) is 13.0. The lowest BCUT2D eigenvalue weighted by Gasteiger charge is -2.10. The van der Waals surface area contributed by atoms with E-state index < -0.39 is 21.9 Å². The van der Waals surface area contributed by atoms with Crippen molar-refractivity contribution in [1.29, 1.82) is 0 Å². The maximum atomic E-state index is 13.2. The molecule has 1 aromatic carbocycles. The second-order valence-electron chi connectivity index (χ2n) is 4.63. The van der Waals surface area contributed by atoms with Crippen molar-refractivity contribution in [3.8, 4) is 0 Å². The summed E-state index contributed by atoms with van der Waals surface area (Å²) >= 11 is 1.42. The van der Waals surface area contributed by atoms with Crippen molar-refractivity contribution in [1.82, 2.24) is 4.72 Å². The fourth-order valence-electron chi connectivity index (χ4n) is 1.82. The number of aliphatic hydroxyl groups excluding tert-OH is 1. The van der Waals surface area contributed by atoms with Gasteiger partial charge in [0.1, 0.15) is 5.82 Å². The topological polar surface area (TPSA) is 66.4 Å². The Morgan fingerprint density at radius 1 is 1.38 bits per heavy atom. The van der Waals surface area contributed by atoms with Gasteiger partial charge in [-0.3, -0.25) is 0 Å². The second kappa shape index (κ2) is 6.65. The first-order chi connectivity index (χ1) is 9.90. The molecule has 0 saturated carbocycles. The van der Waals surface area contributed by atoms with Gasteiger partial charge in [0.15, 0.2) is 0 Å². The van der Waals surface area contributed by atoms with E-state index in [4.69, 9.17) is 0 Å². The van der Waals surface area contributed by atoms with Crippen LogP contribution in [0, 0.1) is 12.7 Å². The molecule has 0 spiro atoms. The van der Waals surface area contributed by atoms with E-state index in [0.29, 0.717) is 0 Å². The molecule has 1 unspecified atom stereocenters. The smallest absolute Gasteiger partial charge is 0.240 e. The Labute approximate surface area is 127 Å². The highest BCUT2D eigenvalue weighted by Gasteiger charge is 2.16. The maximum absolute atomic E-state index is 13.2. The van der Waals surface area contributed by atoms with E-state index in [1.54, 1.807) is 6.07 Å². The van der Waals surface area contributed by atoms with E-state index >= 15 is 0 Å². The van der Waals surface area contributed by atoms with Crippen LogP contribution in [0.1, 0.15) is 23.0 Å². The molecular weight excluding hydrogens is 313 g/mol. The van der Waals surface area contributed by atoms with Crippen LogP contribution in [0.15, 0.2) is 40.6 Å². The van der Waals surface area contributed by atoms with Crippen molar-refractivity contribution in [2.45, 2.75) is 24.3 Å². The van der Waals surface area contributed by atoms with Gasteiger partial charge in [0.2, 0.25) is 10.0 Å². The number of hydrogen-bond donors (Lipinski definition) is 2. The molecule has 2 rings (SSSR count). The summed E-state index contributed by atoms with van der Waals surface area (Å²) in [5.41, 5.74) is 0.275. The first kappa shape index (κ1) is 16.1. The zero-order valence-electron chi connectivity index (χ0n) is 11.4. The van der Waals surface area contributed by atoms with Crippen LogP contribution in [0.4, 0.5) is 4.39 Å². The molecule has 0 fully saturated rings. The average molecular weight is 329 g/mol. The van der Waals surface area contributed by atoms with Crippen molar-refractivity contribution < 1.29 is 17.9 Å². The van der Waals surface area contributed by atoms with Crippen LogP contribution in [-0.2, 0) is 10.0 Å². The van der Waals surface area contributed by atoms with Crippen LogP contribution < -0.4 is 4.72 Å². The third kappa shape index (κ3) is 4.10. The summed E-state index contributed by atoms with van der Waals surface area (Å²) in [5.74, 6) is -0.443. The average Bonchev–Trinajstić information content (AvgIpc) is 2.95. The van der Waals surface area contributed by atoms with Gasteiger partial charge in [-0.1, -0.05) is 6.07 Å². The lowest BCUT2D eigenvalue weighted by Crippen LogP contribution is -2.26. The Morgan fingerprint density at radius 2 is 2.14 bits per heavy atom. The second-order valence-corrected chi connectivity index (χ2v) is 7.37. The Hall–Kier alpha value is -1.28. The first-order valence-electron chi connectivity index (χ1n) is 6.37. The van der Waals surface area contributed by atoms with Gasteiger partial charge < -0.3 is 5.11 Å². The van der Waals surface area contributed by atoms with Gasteiger partial charge in [-0.2, -0.15) is 0 Å². The lowest BCUT2D eigenvalue weighted by molar-refractivity contribution is 0.173. The van der Waals surface area contributed by atoms with E-state index in [-0.39, 0.29) is 23.4 Å². The van der Waals surface area contributed by atoms with Crippen LogP contribution in [0.5, 0.6) is 0 Å². The summed E-state index contributed by atoms with van der Waals surface area (Å²) in [5, 5.41) is 11.7. The molecule has 21 heavy (non-hydrogen) atoms. The van der Waals surface area contributed by atoms with E-state index in [1.165, 1.54) is 30.4 Å². The molecule has 4 nitrogen and oxygen atoms in total. The van der Waals surface area contributed by atoms with Crippen LogP contribution in [-0.4, -0.2) is 20.1 Å². The molecule has 0 radical (unpaired) electrons. The lowest BCUT2D eigenvalue weighted by atomic mass is 10.2. The van der Waals surface area contributed by atoms with Gasteiger partial charge in [-0.05, 0) is 48.6 Å². The Bertz CT molecular complexity index is 699. The Balaban J connectivity index is 1.96. The van der Waals surface area contributed by atoms with E-state index in [1.807, 2.05) is 11.4 Å². The van der Waals surface area contributed by atoms with E-state index in [2.05, 4.69) is 4.72 Å². The molecule has 1 atom stereocenters. The normalized spacial score (nSPS) is 13.3. The number of benzene rings is 1. The van der Waals surface area contributed by atoms with Crippen molar-refractivity contribution in [3.05, 3.63) is 52.0 Å². The van der Waals surface area contributed by atoms with Gasteiger partial charge in [0, 0.05) is 11.4 Å². The highest BCUT2D eigenvalue weighted by atomic mass is 32.2. The Kier molecular flexibility index (Phi) is 5.10. The van der Waals surface area contributed by atoms with Crippen LogP contribution in [0.3, 0.4) is 0 Å². The molecule has 114 valence electrons. The summed E-state index contributed by atoms with van der Waals surface area (Å²) in [4.78, 5) is 0.818. The number of aryl methyl sites for hydroxylation is 1. The highest BCUT2D eigenvalue weighted by molar-refractivity contribution is 7.89. The minimum Gasteiger partial charge on any atom is -0.388 e. The highest BCUT2D eigenvalue weighted by Crippen LogP contribution is 2.21. The molecule has 0 saturated heterocycles. The fourth-order valence-corrected chi connectivity index (χ4v) is 3.70. The summed E-state index contributed by atoms with van der Waals surface area (Å²) in [6.07, 6.45) is -0.414. The number of aliphatic hydroxyl groups is 1. The predicted octanol–water partition coefficient (Wildman–Crippen LogP) is 2.60. The molecule has 0 bridgehead atoms. The Morgan fingerprint density at radius 3 is 2.76 bits per heavy atom. The molecule has 1 heterocycles. The fraction of sp³-hybridized carbons (Fsp3) is 0.286. The van der Waals surface area contributed by atoms with Crippen molar-refractivity contribution in [2.75, 3.05) is 6.54 Å². The summed E-state index contributed by atoms with van der Waals surface area (Å²) in [7, 11) is -3.69. The predicted molar refractivity (Wildman–Crippen MR) is 80.2 cm³/mol. The minimum atomic E-state index is -3.69. The van der Waals surface area contributed by atoms with Gasteiger partial charge in [0.05, 0.1) is 11.0 Å². The molecule has 2 N–H and O–H groups in total. The molecule has 0 aliphatic carbocycles. The van der Waals surface area contributed by atoms with Gasteiger partial charge in [-0.15, -0.1) is 11.3 Å². The molecular formula is C14H16FNO3S2. The third-order valence-corrected chi connectivity index (χ3v) is 5.45. The number of thiophene rings is 1. The molecule has 0 amide bonds. The number of hydrogen-bond acceptors (Lipinski definition) is 4. The first-order valence-corrected chi connectivity index (χ1v) is 8.74. The van der Waals surface area contributed by atoms with E-state index in [0.717, 1.165) is 10.9 Å². The standard InChI is InChI=1S/C14H16FNO3S2/c1-10-9-11(4-5-12(10)15)21(18,19)16-7-6-13(17)14-3-2-8-20-14/h2-5,8-9,13,16-17H,6-7H2,1H3. The summed E-state index contributed by atoms with van der Waals surface area (Å²) in [6.45, 7) is 1.62. The molecule has 7 heteroatoms. The summed E-state index contributed by atoms with van der Waals surface area (Å²) < 4.78 is 39.7. The van der Waals surface area contributed by atoms with Crippen LogP contribution in [0.2, 0.25) is 0 Å². The maximum Gasteiger partial charge on any atom is 0.240 e. The monoisotopic (exact) mass is 329 g/mol. The number of halogens is 1. The van der Waals surface area contributed by atoms with Gasteiger partial charge >= 0.3 is 0 Å². The van der Waals surface area contributed by atoms with Gasteiger partial charge in [0.25, 0.3) is 0 Å². The third-order valence-electron chi connectivity index (χ3n) is 3.02. The molecule has 0 aliphatic heterocycles. The van der Waals surface area contributed by atoms with Crippen LogP contribution in [0.25, 0.3) is 0 Å². The van der Waals surface area contributed by atoms with E-state index in [9.17, 15) is 17.9 Å². The number of sulfonamides is 1. The molecule has 2 aromatic rings.